The van der Waals surface area contributed by atoms with Gasteiger partial charge in [-0.3, -0.25) is 14.4 Å². The molecule has 1 saturated carbocycles. The topological polar surface area (TPSA) is 137 Å². The molecule has 1 aliphatic heterocycles. The van der Waals surface area contributed by atoms with E-state index in [2.05, 4.69) is 16.0 Å². The van der Waals surface area contributed by atoms with Crippen molar-refractivity contribution in [1.29, 1.82) is 0 Å². The van der Waals surface area contributed by atoms with Crippen LogP contribution in [0.3, 0.4) is 0 Å². The zero-order chi connectivity index (χ0) is 38.1. The third-order valence-corrected chi connectivity index (χ3v) is 11.4. The number of nitrogens with one attached hydrogen (secondary N) is 3. The zero-order valence-electron chi connectivity index (χ0n) is 31.4. The molecule has 4 amide bonds. The Morgan fingerprint density at radius 2 is 1.64 bits per heavy atom. The molecule has 53 heavy (non-hydrogen) atoms. The molecule has 5 rings (SSSR count). The van der Waals surface area contributed by atoms with E-state index in [9.17, 15) is 24.3 Å². The number of hydrogen-bond acceptors (Lipinski definition) is 6. The highest BCUT2D eigenvalue weighted by Gasteiger charge is 2.40. The number of nitrogens with zero attached hydrogens (tertiary/aromatic N) is 1. The minimum atomic E-state index is -1.56. The molecule has 3 aromatic carbocycles. The van der Waals surface area contributed by atoms with Crippen LogP contribution in [0.5, 0.6) is 0 Å². The van der Waals surface area contributed by atoms with Gasteiger partial charge in [-0.15, -0.1) is 0 Å². The van der Waals surface area contributed by atoms with Gasteiger partial charge in [-0.2, -0.15) is 0 Å². The van der Waals surface area contributed by atoms with Gasteiger partial charge >= 0.3 is 6.09 Å². The molecule has 3 aromatic rings. The third kappa shape index (κ3) is 10.1. The molecule has 1 aliphatic carbocycles. The molecule has 2 fully saturated rings. The SMILES string of the molecule is CCN(CC)C(=O)C(O)[C@H](CC1CCNC1=O)NC(=O)[C@H](CC1CCCCC1)NC(=O)OC(c1ccc2ccccc2c1)C(C)(C)c1cccc(Cl)c1. The van der Waals surface area contributed by atoms with Crippen LogP contribution in [0.25, 0.3) is 10.8 Å². The van der Waals surface area contributed by atoms with E-state index in [1.54, 1.807) is 6.07 Å². The first-order chi connectivity index (χ1) is 25.4. The van der Waals surface area contributed by atoms with Crippen molar-refractivity contribution >= 4 is 46.2 Å². The molecule has 3 unspecified atom stereocenters. The quantitative estimate of drug-likeness (QED) is 0.135. The number of amides is 4. The first-order valence-electron chi connectivity index (χ1n) is 19.2. The molecule has 0 spiro atoms. The fourth-order valence-electron chi connectivity index (χ4n) is 7.94. The maximum absolute atomic E-state index is 14.3. The molecule has 0 aromatic heterocycles. The van der Waals surface area contributed by atoms with Gasteiger partial charge in [0.05, 0.1) is 6.04 Å². The van der Waals surface area contributed by atoms with E-state index in [1.165, 1.54) is 4.90 Å². The predicted molar refractivity (Wildman–Crippen MR) is 207 cm³/mol. The Kier molecular flexibility index (Phi) is 13.8. The van der Waals surface area contributed by atoms with Crippen LogP contribution in [0.1, 0.15) is 96.3 Å². The van der Waals surface area contributed by atoms with Gasteiger partial charge in [-0.25, -0.2) is 4.79 Å². The van der Waals surface area contributed by atoms with Crippen molar-refractivity contribution in [3.05, 3.63) is 82.9 Å². The van der Waals surface area contributed by atoms with Crippen molar-refractivity contribution in [2.75, 3.05) is 19.6 Å². The van der Waals surface area contributed by atoms with Crippen LogP contribution in [0, 0.1) is 11.8 Å². The van der Waals surface area contributed by atoms with E-state index in [-0.39, 0.29) is 18.2 Å². The Balaban J connectivity index is 1.43. The Morgan fingerprint density at radius 1 is 0.925 bits per heavy atom. The van der Waals surface area contributed by atoms with Crippen molar-refractivity contribution in [3.63, 3.8) is 0 Å². The summed E-state index contributed by atoms with van der Waals surface area (Å²) in [6, 6.07) is 19.4. The Morgan fingerprint density at radius 3 is 2.30 bits per heavy atom. The summed E-state index contributed by atoms with van der Waals surface area (Å²) in [5, 5.41) is 22.6. The maximum atomic E-state index is 14.3. The molecule has 5 atom stereocenters. The highest BCUT2D eigenvalue weighted by Crippen LogP contribution is 2.41. The number of halogens is 1. The van der Waals surface area contributed by atoms with Gasteiger partial charge in [0.2, 0.25) is 11.8 Å². The van der Waals surface area contributed by atoms with E-state index < -0.39 is 53.5 Å². The monoisotopic (exact) mass is 746 g/mol. The molecule has 1 heterocycles. The summed E-state index contributed by atoms with van der Waals surface area (Å²) in [5.41, 5.74) is 0.913. The van der Waals surface area contributed by atoms with Gasteiger partial charge in [0.25, 0.3) is 5.91 Å². The Hall–Kier alpha value is -4.15. The number of likely N-dealkylation sites (N-methyl/N-ethyl adjacent to an activating group) is 1. The number of hydrogen-bond donors (Lipinski definition) is 4. The summed E-state index contributed by atoms with van der Waals surface area (Å²) in [6.07, 6.45) is 2.95. The molecule has 10 nitrogen and oxygen atoms in total. The van der Waals surface area contributed by atoms with Crippen LogP contribution >= 0.6 is 11.6 Å². The Labute approximate surface area is 318 Å². The number of benzene rings is 3. The molecule has 1 saturated heterocycles. The van der Waals surface area contributed by atoms with E-state index in [4.69, 9.17) is 16.3 Å². The minimum absolute atomic E-state index is 0.0875. The Bertz CT molecular complexity index is 1740. The lowest BCUT2D eigenvalue weighted by Crippen LogP contribution is -2.57. The summed E-state index contributed by atoms with van der Waals surface area (Å²) in [7, 11) is 0. The summed E-state index contributed by atoms with van der Waals surface area (Å²) in [6.45, 7) is 8.90. The van der Waals surface area contributed by atoms with E-state index in [1.807, 2.05) is 88.4 Å². The summed E-state index contributed by atoms with van der Waals surface area (Å²) in [4.78, 5) is 55.8. The normalized spacial score (nSPS) is 18.8. The summed E-state index contributed by atoms with van der Waals surface area (Å²) < 4.78 is 6.35. The third-order valence-electron chi connectivity index (χ3n) is 11.2. The van der Waals surface area contributed by atoms with Crippen LogP contribution in [0.15, 0.2) is 66.7 Å². The van der Waals surface area contributed by atoms with Crippen LogP contribution in [-0.2, 0) is 24.5 Å². The number of carbonyl (C=O) groups excluding carboxylic acids is 4. The number of aliphatic hydroxyl groups excluding tert-OH is 1. The average Bonchev–Trinajstić information content (AvgIpc) is 3.57. The van der Waals surface area contributed by atoms with Gasteiger partial charge < -0.3 is 30.7 Å². The van der Waals surface area contributed by atoms with Gasteiger partial charge in [0, 0.05) is 36.0 Å². The number of fused-ring (bicyclic) bond motifs is 1. The van der Waals surface area contributed by atoms with Crippen molar-refractivity contribution in [3.8, 4) is 0 Å². The lowest BCUT2D eigenvalue weighted by Gasteiger charge is -2.36. The largest absolute Gasteiger partial charge is 0.440 e. The average molecular weight is 747 g/mol. The number of alkyl carbamates (subject to hydrolysis) is 1. The van der Waals surface area contributed by atoms with Crippen LogP contribution in [0.4, 0.5) is 4.79 Å². The molecule has 11 heteroatoms. The molecule has 2 aliphatic rings. The van der Waals surface area contributed by atoms with Crippen LogP contribution in [-0.4, -0.2) is 71.6 Å². The molecule has 0 radical (unpaired) electrons. The highest BCUT2D eigenvalue weighted by atomic mass is 35.5. The maximum Gasteiger partial charge on any atom is 0.408 e. The standard InChI is InChI=1S/C42H55ClN4O6/c1-5-47(6-2)40(51)36(48)34(25-31-21-22-44-38(31)49)45-39(50)35(23-27-13-8-7-9-14-27)46-41(52)53-37(42(3,4)32-17-12-18-33(43)26-32)30-20-19-28-15-10-11-16-29(28)24-30/h10-12,15-20,24,26-27,31,34-37,48H,5-9,13-14,21-23,25H2,1-4H3,(H,44,49)(H,45,50)(H,46,52)/t31?,34-,35-,36?,37?/m0/s1. The fourth-order valence-corrected chi connectivity index (χ4v) is 8.13. The van der Waals surface area contributed by atoms with Crippen molar-refractivity contribution in [1.82, 2.24) is 20.9 Å². The number of aliphatic hydroxyl groups is 1. The number of carbonyl (C=O) groups is 4. The van der Waals surface area contributed by atoms with Crippen LogP contribution < -0.4 is 16.0 Å². The lowest BCUT2D eigenvalue weighted by atomic mass is 9.76. The first kappa shape index (κ1) is 40.0. The predicted octanol–water partition coefficient (Wildman–Crippen LogP) is 6.82. The van der Waals surface area contributed by atoms with Crippen LogP contribution in [0.2, 0.25) is 5.02 Å². The molecule has 4 N–H and O–H groups in total. The summed E-state index contributed by atoms with van der Waals surface area (Å²) >= 11 is 6.43. The second kappa shape index (κ2) is 18.3. The number of ether oxygens (including phenoxy) is 1. The minimum Gasteiger partial charge on any atom is -0.440 e. The molecular weight excluding hydrogens is 692 g/mol. The summed E-state index contributed by atoms with van der Waals surface area (Å²) in [5.74, 6) is -1.49. The second-order valence-corrected chi connectivity index (χ2v) is 15.6. The van der Waals surface area contributed by atoms with Crippen molar-refractivity contribution in [2.45, 2.75) is 109 Å². The van der Waals surface area contributed by atoms with Crippen molar-refractivity contribution in [2.24, 2.45) is 11.8 Å². The molecular formula is C42H55ClN4O6. The molecule has 286 valence electrons. The molecule has 0 bridgehead atoms. The van der Waals surface area contributed by atoms with Gasteiger partial charge in [-0.05, 0) is 79.1 Å². The van der Waals surface area contributed by atoms with Crippen molar-refractivity contribution < 1.29 is 29.0 Å². The second-order valence-electron chi connectivity index (χ2n) is 15.1. The van der Waals surface area contributed by atoms with Gasteiger partial charge in [0.15, 0.2) is 6.10 Å². The highest BCUT2D eigenvalue weighted by molar-refractivity contribution is 6.30. The fraction of sp³-hybridized carbons (Fsp3) is 0.524. The lowest BCUT2D eigenvalue weighted by molar-refractivity contribution is -0.143. The van der Waals surface area contributed by atoms with E-state index in [0.717, 1.165) is 54.0 Å². The van der Waals surface area contributed by atoms with Gasteiger partial charge in [0.1, 0.15) is 12.1 Å². The number of rotatable bonds is 15. The van der Waals surface area contributed by atoms with Gasteiger partial charge in [-0.1, -0.05) is 106 Å². The first-order valence-corrected chi connectivity index (χ1v) is 19.6. The smallest absolute Gasteiger partial charge is 0.408 e. The van der Waals surface area contributed by atoms with E-state index >= 15 is 0 Å². The zero-order valence-corrected chi connectivity index (χ0v) is 32.2. The van der Waals surface area contributed by atoms with E-state index in [0.29, 0.717) is 37.5 Å².